The number of hydrogen-bond donors (Lipinski definition) is 1. The number of carbonyl (C=O) groups is 3. The van der Waals surface area contributed by atoms with E-state index in [0.29, 0.717) is 21.3 Å². The molecule has 0 saturated heterocycles. The quantitative estimate of drug-likeness (QED) is 0.418. The minimum absolute atomic E-state index is 0.0371. The molecular weight excluding hydrogens is 530 g/mol. The molecule has 3 rings (SSSR count). The molecule has 186 valence electrons. The summed E-state index contributed by atoms with van der Waals surface area (Å²) >= 11 is 3.45. The average Bonchev–Trinajstić information content (AvgIpc) is 2.88. The van der Waals surface area contributed by atoms with Gasteiger partial charge in [-0.15, -0.1) is 0 Å². The Morgan fingerprint density at radius 1 is 1.08 bits per heavy atom. The molecule has 10 heteroatoms. The maximum Gasteiger partial charge on any atom is 0.355 e. The third kappa shape index (κ3) is 4.70. The van der Waals surface area contributed by atoms with Crippen molar-refractivity contribution in [2.45, 2.75) is 19.8 Å². The second-order valence-electron chi connectivity index (χ2n) is 7.68. The van der Waals surface area contributed by atoms with Crippen LogP contribution in [0.2, 0.25) is 0 Å². The summed E-state index contributed by atoms with van der Waals surface area (Å²) in [6.45, 7) is 3.59. The predicted octanol–water partition coefficient (Wildman–Crippen LogP) is 3.83. The zero-order valence-electron chi connectivity index (χ0n) is 20.1. The van der Waals surface area contributed by atoms with E-state index in [2.05, 4.69) is 22.0 Å². The van der Waals surface area contributed by atoms with Gasteiger partial charge in [-0.25, -0.2) is 14.4 Å². The van der Waals surface area contributed by atoms with Crippen molar-refractivity contribution < 1.29 is 28.6 Å². The average molecular weight is 554 g/mol. The monoisotopic (exact) mass is 553 g/mol. The summed E-state index contributed by atoms with van der Waals surface area (Å²) < 4.78 is 15.5. The van der Waals surface area contributed by atoms with Gasteiger partial charge in [0.25, 0.3) is 0 Å². The highest BCUT2D eigenvalue weighted by atomic mass is 79.9. The van der Waals surface area contributed by atoms with Crippen molar-refractivity contribution in [2.75, 3.05) is 25.7 Å². The van der Waals surface area contributed by atoms with Gasteiger partial charge in [-0.1, -0.05) is 30.3 Å². The van der Waals surface area contributed by atoms with Gasteiger partial charge in [0.05, 0.1) is 55.2 Å². The molecule has 0 bridgehead atoms. The molecule has 1 heterocycles. The van der Waals surface area contributed by atoms with Gasteiger partial charge < -0.3 is 19.9 Å². The Morgan fingerprint density at radius 2 is 1.72 bits per heavy atom. The van der Waals surface area contributed by atoms with Crippen LogP contribution in [0.15, 0.2) is 69.6 Å². The summed E-state index contributed by atoms with van der Waals surface area (Å²) in [5.41, 5.74) is 7.94. The standard InChI is InChI=1S/C26H24BrN3O6/c1-5-36-24(31)16-11-14(2)21(18(27)12-16)30-22(26(33)35-4)20(25(32)34-3)19(17(13-28)23(30)29)15-9-7-6-8-10-15/h6-12,19H,5,29H2,1-4H3. The van der Waals surface area contributed by atoms with Crippen molar-refractivity contribution in [2.24, 2.45) is 5.73 Å². The molecular formula is C26H24BrN3O6. The second kappa shape index (κ2) is 11.1. The molecule has 0 spiro atoms. The Kier molecular flexibility index (Phi) is 8.17. The van der Waals surface area contributed by atoms with Gasteiger partial charge in [-0.2, -0.15) is 5.26 Å². The molecule has 1 aliphatic heterocycles. The van der Waals surface area contributed by atoms with Crippen molar-refractivity contribution in [3.05, 3.63) is 86.3 Å². The van der Waals surface area contributed by atoms with Gasteiger partial charge >= 0.3 is 17.9 Å². The SMILES string of the molecule is CCOC(=O)c1cc(C)c(N2C(N)=C(C#N)C(c3ccccc3)C(C(=O)OC)=C2C(=O)OC)c(Br)c1. The number of benzene rings is 2. The fraction of sp³-hybridized carbons (Fsp3) is 0.231. The van der Waals surface area contributed by atoms with Gasteiger partial charge in [0.1, 0.15) is 11.5 Å². The van der Waals surface area contributed by atoms with Crippen LogP contribution in [0.25, 0.3) is 0 Å². The van der Waals surface area contributed by atoms with Crippen molar-refractivity contribution in [1.82, 2.24) is 0 Å². The summed E-state index contributed by atoms with van der Waals surface area (Å²) in [7, 11) is 2.35. The number of nitrogens with zero attached hydrogens (tertiary/aromatic N) is 2. The van der Waals surface area contributed by atoms with E-state index in [9.17, 15) is 19.6 Å². The lowest BCUT2D eigenvalue weighted by atomic mass is 9.80. The number of rotatable bonds is 6. The number of allylic oxidation sites excluding steroid dienone is 1. The fourth-order valence-electron chi connectivity index (χ4n) is 4.10. The minimum atomic E-state index is -0.980. The number of aryl methyl sites for hydroxylation is 1. The molecule has 0 saturated carbocycles. The second-order valence-corrected chi connectivity index (χ2v) is 8.53. The molecule has 1 atom stereocenters. The molecule has 0 fully saturated rings. The van der Waals surface area contributed by atoms with Crippen LogP contribution in [0, 0.1) is 18.3 Å². The smallest absolute Gasteiger partial charge is 0.355 e. The van der Waals surface area contributed by atoms with Crippen LogP contribution in [0.1, 0.15) is 34.3 Å². The lowest BCUT2D eigenvalue weighted by molar-refractivity contribution is -0.139. The molecule has 2 N–H and O–H groups in total. The van der Waals surface area contributed by atoms with Gasteiger partial charge in [0.2, 0.25) is 0 Å². The number of nitrogens with two attached hydrogens (primary N) is 1. The molecule has 0 radical (unpaired) electrons. The lowest BCUT2D eigenvalue weighted by Gasteiger charge is -2.37. The van der Waals surface area contributed by atoms with Crippen LogP contribution in [0.5, 0.6) is 0 Å². The number of anilines is 1. The summed E-state index contributed by atoms with van der Waals surface area (Å²) in [5, 5.41) is 10.1. The fourth-order valence-corrected chi connectivity index (χ4v) is 4.83. The van der Waals surface area contributed by atoms with Crippen LogP contribution in [0.3, 0.4) is 0 Å². The zero-order chi connectivity index (χ0) is 26.6. The molecule has 2 aromatic carbocycles. The third-order valence-corrected chi connectivity index (χ3v) is 6.20. The zero-order valence-corrected chi connectivity index (χ0v) is 21.7. The maximum absolute atomic E-state index is 13.2. The first-order valence-electron chi connectivity index (χ1n) is 10.8. The van der Waals surface area contributed by atoms with E-state index in [-0.39, 0.29) is 34.8 Å². The molecule has 1 aliphatic rings. The van der Waals surface area contributed by atoms with Crippen LogP contribution >= 0.6 is 15.9 Å². The topological polar surface area (TPSA) is 132 Å². The van der Waals surface area contributed by atoms with Crippen LogP contribution in [0.4, 0.5) is 5.69 Å². The van der Waals surface area contributed by atoms with Crippen LogP contribution in [-0.2, 0) is 23.8 Å². The predicted molar refractivity (Wildman–Crippen MR) is 134 cm³/mol. The molecule has 0 aromatic heterocycles. The van der Waals surface area contributed by atoms with Gasteiger partial charge in [-0.3, -0.25) is 4.90 Å². The van der Waals surface area contributed by atoms with Crippen molar-refractivity contribution in [3.8, 4) is 6.07 Å². The highest BCUT2D eigenvalue weighted by Gasteiger charge is 2.43. The van der Waals surface area contributed by atoms with Crippen LogP contribution < -0.4 is 10.6 Å². The van der Waals surface area contributed by atoms with E-state index in [1.807, 2.05) is 0 Å². The number of ether oxygens (including phenoxy) is 3. The number of nitriles is 1. The van der Waals surface area contributed by atoms with Gasteiger partial charge in [0, 0.05) is 4.47 Å². The number of methoxy groups -OCH3 is 2. The van der Waals surface area contributed by atoms with Gasteiger partial charge in [0.15, 0.2) is 0 Å². The Hall–Kier alpha value is -4.10. The Bertz CT molecular complexity index is 1300. The Balaban J connectivity index is 2.41. The normalized spacial score (nSPS) is 15.3. The largest absolute Gasteiger partial charge is 0.466 e. The molecule has 1 unspecified atom stereocenters. The van der Waals surface area contributed by atoms with E-state index in [0.717, 1.165) is 0 Å². The summed E-state index contributed by atoms with van der Waals surface area (Å²) in [6.07, 6.45) is 0. The first kappa shape index (κ1) is 26.5. The third-order valence-electron chi connectivity index (χ3n) is 5.60. The van der Waals surface area contributed by atoms with Crippen molar-refractivity contribution >= 4 is 39.5 Å². The highest BCUT2D eigenvalue weighted by molar-refractivity contribution is 9.10. The van der Waals surface area contributed by atoms with Crippen molar-refractivity contribution in [1.29, 1.82) is 5.26 Å². The summed E-state index contributed by atoms with van der Waals surface area (Å²) in [6, 6.07) is 13.9. The van der Waals surface area contributed by atoms with Crippen molar-refractivity contribution in [3.63, 3.8) is 0 Å². The molecule has 9 nitrogen and oxygen atoms in total. The van der Waals surface area contributed by atoms with Gasteiger partial charge in [-0.05, 0) is 53.0 Å². The number of halogens is 1. The van der Waals surface area contributed by atoms with E-state index in [1.165, 1.54) is 25.2 Å². The van der Waals surface area contributed by atoms with Crippen LogP contribution in [-0.4, -0.2) is 38.7 Å². The lowest BCUT2D eigenvalue weighted by Crippen LogP contribution is -2.41. The molecule has 0 aliphatic carbocycles. The molecule has 36 heavy (non-hydrogen) atoms. The molecule has 2 aromatic rings. The summed E-state index contributed by atoms with van der Waals surface area (Å²) in [4.78, 5) is 40.0. The number of esters is 3. The Labute approximate surface area is 216 Å². The summed E-state index contributed by atoms with van der Waals surface area (Å²) in [5.74, 6) is -3.28. The van der Waals surface area contributed by atoms with E-state index in [1.54, 1.807) is 50.2 Å². The van der Waals surface area contributed by atoms with E-state index < -0.39 is 23.8 Å². The molecule has 0 amide bonds. The minimum Gasteiger partial charge on any atom is -0.466 e. The van der Waals surface area contributed by atoms with E-state index in [4.69, 9.17) is 19.9 Å². The Morgan fingerprint density at radius 3 is 2.25 bits per heavy atom. The number of carbonyl (C=O) groups excluding carboxylic acids is 3. The first-order valence-corrected chi connectivity index (χ1v) is 11.6. The number of hydrogen-bond acceptors (Lipinski definition) is 9. The van der Waals surface area contributed by atoms with E-state index >= 15 is 0 Å². The maximum atomic E-state index is 13.2. The highest BCUT2D eigenvalue weighted by Crippen LogP contribution is 2.45. The first-order chi connectivity index (χ1) is 17.2.